The maximum absolute atomic E-state index is 14.9. The summed E-state index contributed by atoms with van der Waals surface area (Å²) in [6.07, 6.45) is 0. The summed E-state index contributed by atoms with van der Waals surface area (Å²) >= 11 is 0. The van der Waals surface area contributed by atoms with E-state index in [1.165, 1.54) is 32.0 Å². The number of nitrogens with zero attached hydrogens (tertiary/aromatic N) is 4. The van der Waals surface area contributed by atoms with Crippen LogP contribution in [0.2, 0.25) is 0 Å². The summed E-state index contributed by atoms with van der Waals surface area (Å²) < 4.78 is 43.4. The number of aliphatic hydroxyl groups is 1. The molecule has 0 amide bonds. The minimum absolute atomic E-state index is 0.0297. The summed E-state index contributed by atoms with van der Waals surface area (Å²) in [5, 5.41) is 13.9. The van der Waals surface area contributed by atoms with Crippen molar-refractivity contribution >= 4 is 23.2 Å². The number of nitrogens with one attached hydrogen (secondary N) is 1. The molecule has 4 rings (SSSR count). The minimum atomic E-state index is -1.25. The Morgan fingerprint density at radius 2 is 2.00 bits per heavy atom. The second-order valence-corrected chi connectivity index (χ2v) is 7.60. The average Bonchev–Trinajstić information content (AvgIpc) is 3.17. The van der Waals surface area contributed by atoms with E-state index in [1.54, 1.807) is 22.8 Å². The van der Waals surface area contributed by atoms with Crippen LogP contribution in [-0.2, 0) is 0 Å². The van der Waals surface area contributed by atoms with Crippen molar-refractivity contribution in [2.24, 2.45) is 10.1 Å². The van der Waals surface area contributed by atoms with Gasteiger partial charge in [-0.2, -0.15) is 4.99 Å². The largest absolute Gasteiger partial charge is 0.378 e. The SMILES string of the molecule is CCN(C1=NC2=NNCN2c2ccc(F)c(F)c21)c1cc(F)cc(C#CC(C)(C)O)c1. The molecule has 0 unspecified atom stereocenters. The molecule has 0 radical (unpaired) electrons. The number of amidine groups is 1. The standard InChI is InChI=1S/C22H20F3N5O/c1-4-29(15-10-13(9-14(23)11-15)7-8-22(2,3)31)20-18-17(6-5-16(24)19(18)25)30-12-26-28-21(30)27-20/h5-6,9-11,26,31H,4,12H2,1-3H3. The second-order valence-electron chi connectivity index (χ2n) is 7.60. The molecule has 31 heavy (non-hydrogen) atoms. The zero-order valence-electron chi connectivity index (χ0n) is 17.2. The van der Waals surface area contributed by atoms with Gasteiger partial charge in [-0.25, -0.2) is 13.2 Å². The quantitative estimate of drug-likeness (QED) is 0.723. The third-order valence-electron chi connectivity index (χ3n) is 4.72. The zero-order chi connectivity index (χ0) is 22.3. The lowest BCUT2D eigenvalue weighted by atomic mass is 10.1. The van der Waals surface area contributed by atoms with Crippen LogP contribution in [0.4, 0.5) is 24.5 Å². The van der Waals surface area contributed by atoms with Crippen LogP contribution in [0.1, 0.15) is 31.9 Å². The van der Waals surface area contributed by atoms with Gasteiger partial charge in [0.2, 0.25) is 0 Å². The molecule has 0 fully saturated rings. The Labute approximate surface area is 177 Å². The topological polar surface area (TPSA) is 63.5 Å². The third-order valence-corrected chi connectivity index (χ3v) is 4.72. The molecule has 2 N–H and O–H groups in total. The van der Waals surface area contributed by atoms with Gasteiger partial charge in [0.1, 0.15) is 23.9 Å². The molecule has 160 valence electrons. The lowest BCUT2D eigenvalue weighted by molar-refractivity contribution is 0.143. The van der Waals surface area contributed by atoms with E-state index in [0.29, 0.717) is 22.9 Å². The van der Waals surface area contributed by atoms with Crippen molar-refractivity contribution in [2.75, 3.05) is 23.0 Å². The smallest absolute Gasteiger partial charge is 0.250 e. The molecule has 2 heterocycles. The molecule has 0 saturated heterocycles. The van der Waals surface area contributed by atoms with E-state index in [4.69, 9.17) is 0 Å². The van der Waals surface area contributed by atoms with E-state index >= 15 is 0 Å². The molecule has 2 aromatic rings. The van der Waals surface area contributed by atoms with Gasteiger partial charge in [-0.3, -0.25) is 10.3 Å². The van der Waals surface area contributed by atoms with Crippen molar-refractivity contribution in [1.29, 1.82) is 0 Å². The van der Waals surface area contributed by atoms with Crippen molar-refractivity contribution in [3.8, 4) is 11.8 Å². The normalized spacial score (nSPS) is 14.6. The number of hydrazone groups is 1. The minimum Gasteiger partial charge on any atom is -0.378 e. The van der Waals surface area contributed by atoms with Crippen molar-refractivity contribution in [2.45, 2.75) is 26.4 Å². The number of guanidine groups is 1. The molecule has 2 aliphatic heterocycles. The van der Waals surface area contributed by atoms with Crippen LogP contribution < -0.4 is 15.2 Å². The van der Waals surface area contributed by atoms with Crippen molar-refractivity contribution in [1.82, 2.24) is 5.43 Å². The fourth-order valence-electron chi connectivity index (χ4n) is 3.39. The summed E-state index contributed by atoms with van der Waals surface area (Å²) in [6.45, 7) is 5.38. The highest BCUT2D eigenvalue weighted by atomic mass is 19.2. The lowest BCUT2D eigenvalue weighted by Gasteiger charge is -2.32. The van der Waals surface area contributed by atoms with Gasteiger partial charge in [-0.1, -0.05) is 11.8 Å². The monoisotopic (exact) mass is 427 g/mol. The summed E-state index contributed by atoms with van der Waals surface area (Å²) in [6, 6.07) is 6.62. The molecule has 0 atom stereocenters. The fraction of sp³-hybridized carbons (Fsp3) is 0.273. The van der Waals surface area contributed by atoms with E-state index in [0.717, 1.165) is 6.07 Å². The Balaban J connectivity index is 1.86. The number of halogens is 3. The Kier molecular flexibility index (Phi) is 5.11. The van der Waals surface area contributed by atoms with E-state index < -0.39 is 23.1 Å². The molecule has 0 aromatic heterocycles. The summed E-state index contributed by atoms with van der Waals surface area (Å²) in [5.74, 6) is 3.18. The van der Waals surface area contributed by atoms with Crippen LogP contribution in [0.25, 0.3) is 0 Å². The van der Waals surface area contributed by atoms with Gasteiger partial charge < -0.3 is 10.0 Å². The molecule has 0 aliphatic carbocycles. The summed E-state index contributed by atoms with van der Waals surface area (Å²) in [5.41, 5.74) is 2.59. The van der Waals surface area contributed by atoms with Gasteiger partial charge in [0.25, 0.3) is 5.96 Å². The molecule has 9 heteroatoms. The van der Waals surface area contributed by atoms with Crippen LogP contribution in [0, 0.1) is 29.3 Å². The number of benzene rings is 2. The Hall–Kier alpha value is -3.51. The molecule has 0 saturated carbocycles. The van der Waals surface area contributed by atoms with Gasteiger partial charge in [0.05, 0.1) is 11.3 Å². The highest BCUT2D eigenvalue weighted by Gasteiger charge is 2.34. The molecular formula is C22H20F3N5O. The van der Waals surface area contributed by atoms with Crippen molar-refractivity contribution < 1.29 is 18.3 Å². The zero-order valence-corrected chi connectivity index (χ0v) is 17.2. The molecular weight excluding hydrogens is 407 g/mol. The van der Waals surface area contributed by atoms with Gasteiger partial charge in [-0.15, -0.1) is 5.10 Å². The molecule has 2 aromatic carbocycles. The number of anilines is 2. The Bertz CT molecular complexity index is 1170. The van der Waals surface area contributed by atoms with Crippen LogP contribution in [-0.4, -0.2) is 35.7 Å². The maximum atomic E-state index is 14.9. The fourth-order valence-corrected chi connectivity index (χ4v) is 3.39. The molecule has 0 bridgehead atoms. The van der Waals surface area contributed by atoms with Gasteiger partial charge in [-0.05, 0) is 51.1 Å². The van der Waals surface area contributed by atoms with Gasteiger partial charge in [0, 0.05) is 17.8 Å². The average molecular weight is 427 g/mol. The van der Waals surface area contributed by atoms with E-state index in [1.807, 2.05) is 0 Å². The number of hydrogen-bond acceptors (Lipinski definition) is 6. The maximum Gasteiger partial charge on any atom is 0.250 e. The first-order chi connectivity index (χ1) is 14.7. The Morgan fingerprint density at radius 1 is 1.23 bits per heavy atom. The highest BCUT2D eigenvalue weighted by molar-refractivity contribution is 6.23. The number of hydrogen-bond donors (Lipinski definition) is 2. The predicted molar refractivity (Wildman–Crippen MR) is 113 cm³/mol. The summed E-state index contributed by atoms with van der Waals surface area (Å²) in [7, 11) is 0. The van der Waals surface area contributed by atoms with Gasteiger partial charge >= 0.3 is 0 Å². The van der Waals surface area contributed by atoms with Crippen LogP contribution >= 0.6 is 0 Å². The van der Waals surface area contributed by atoms with Crippen LogP contribution in [0.3, 0.4) is 0 Å². The second kappa shape index (κ2) is 7.63. The molecule has 6 nitrogen and oxygen atoms in total. The van der Waals surface area contributed by atoms with E-state index in [-0.39, 0.29) is 24.6 Å². The first-order valence-electron chi connectivity index (χ1n) is 9.67. The molecule has 0 spiro atoms. The van der Waals surface area contributed by atoms with E-state index in [9.17, 15) is 18.3 Å². The van der Waals surface area contributed by atoms with Crippen molar-refractivity contribution in [3.05, 3.63) is 58.9 Å². The molecule has 2 aliphatic rings. The van der Waals surface area contributed by atoms with Crippen molar-refractivity contribution in [3.63, 3.8) is 0 Å². The predicted octanol–water partition coefficient (Wildman–Crippen LogP) is 3.15. The van der Waals surface area contributed by atoms with E-state index in [2.05, 4.69) is 27.4 Å². The first kappa shape index (κ1) is 20.8. The van der Waals surface area contributed by atoms with Crippen LogP contribution in [0.5, 0.6) is 0 Å². The van der Waals surface area contributed by atoms with Crippen LogP contribution in [0.15, 0.2) is 40.4 Å². The third kappa shape index (κ3) is 3.94. The summed E-state index contributed by atoms with van der Waals surface area (Å²) in [4.78, 5) is 7.62. The number of fused-ring (bicyclic) bond motifs is 3. The number of aliphatic imine (C=N–C) groups is 1. The Morgan fingerprint density at radius 3 is 2.71 bits per heavy atom. The first-order valence-corrected chi connectivity index (χ1v) is 9.67. The van der Waals surface area contributed by atoms with Gasteiger partial charge in [0.15, 0.2) is 11.6 Å². The number of rotatable bonds is 2. The lowest BCUT2D eigenvalue weighted by Crippen LogP contribution is -2.41. The highest BCUT2D eigenvalue weighted by Crippen LogP contribution is 2.33.